The normalized spacial score (nSPS) is 10.5. The van der Waals surface area contributed by atoms with E-state index >= 15 is 0 Å². The number of benzene rings is 2. The molecule has 2 rings (SSSR count). The molecule has 0 saturated heterocycles. The van der Waals surface area contributed by atoms with Gasteiger partial charge in [0.25, 0.3) is 5.91 Å². The Bertz CT molecular complexity index is 733. The molecule has 0 radical (unpaired) electrons. The second-order valence-corrected chi connectivity index (χ2v) is 4.67. The molecular weight excluding hydrogens is 312 g/mol. The highest BCUT2D eigenvalue weighted by molar-refractivity contribution is 5.97. The van der Waals surface area contributed by atoms with Crippen molar-refractivity contribution in [2.24, 2.45) is 5.10 Å². The lowest BCUT2D eigenvalue weighted by Crippen LogP contribution is -2.18. The van der Waals surface area contributed by atoms with E-state index in [2.05, 4.69) is 10.5 Å². The fourth-order valence-electron chi connectivity index (χ4n) is 2.05. The van der Waals surface area contributed by atoms with Crippen LogP contribution < -0.4 is 19.6 Å². The molecule has 7 nitrogen and oxygen atoms in total. The van der Waals surface area contributed by atoms with Gasteiger partial charge in [0.1, 0.15) is 5.75 Å². The van der Waals surface area contributed by atoms with Crippen molar-refractivity contribution in [1.82, 2.24) is 5.43 Å². The van der Waals surface area contributed by atoms with Crippen LogP contribution in [0.2, 0.25) is 0 Å². The lowest BCUT2D eigenvalue weighted by molar-refractivity contribution is 0.0952. The Balaban J connectivity index is 2.15. The average Bonchev–Trinajstić information content (AvgIpc) is 2.62. The van der Waals surface area contributed by atoms with Gasteiger partial charge in [0, 0.05) is 5.56 Å². The molecule has 1 amide bonds. The molecular formula is C17H18N2O5. The lowest BCUT2D eigenvalue weighted by atomic mass is 10.2. The van der Waals surface area contributed by atoms with Gasteiger partial charge in [-0.05, 0) is 24.3 Å². The molecule has 0 saturated carbocycles. The molecule has 2 aromatic carbocycles. The molecule has 24 heavy (non-hydrogen) atoms. The number of carbonyl (C=O) groups excluding carboxylic acids is 1. The van der Waals surface area contributed by atoms with Crippen LogP contribution in [-0.2, 0) is 0 Å². The molecule has 7 heteroatoms. The van der Waals surface area contributed by atoms with Crippen molar-refractivity contribution in [3.8, 4) is 23.0 Å². The Kier molecular flexibility index (Phi) is 5.62. The molecule has 2 aromatic rings. The summed E-state index contributed by atoms with van der Waals surface area (Å²) in [5.74, 6) is 0.438. The summed E-state index contributed by atoms with van der Waals surface area (Å²) >= 11 is 0. The largest absolute Gasteiger partial charge is 0.502 e. The molecule has 0 heterocycles. The van der Waals surface area contributed by atoms with E-state index in [0.717, 1.165) is 0 Å². The molecule has 0 aliphatic rings. The van der Waals surface area contributed by atoms with Gasteiger partial charge in [-0.25, -0.2) is 5.43 Å². The maximum atomic E-state index is 12.1. The third-order valence-electron chi connectivity index (χ3n) is 3.23. The number of hydrazone groups is 1. The SMILES string of the molecule is COc1ccccc1C(=O)N/N=C/c1cc(OC)c(O)c(OC)c1. The number of rotatable bonds is 6. The number of nitrogens with one attached hydrogen (secondary N) is 1. The van der Waals surface area contributed by atoms with Crippen molar-refractivity contribution >= 4 is 12.1 Å². The van der Waals surface area contributed by atoms with Gasteiger partial charge in [-0.2, -0.15) is 5.10 Å². The molecule has 0 spiro atoms. The Morgan fingerprint density at radius 2 is 1.62 bits per heavy atom. The van der Waals surface area contributed by atoms with Crippen LogP contribution in [0.3, 0.4) is 0 Å². The molecule has 0 fully saturated rings. The fourth-order valence-corrected chi connectivity index (χ4v) is 2.05. The van der Waals surface area contributed by atoms with Gasteiger partial charge in [0.15, 0.2) is 11.5 Å². The molecule has 0 aliphatic carbocycles. The number of hydrogen-bond acceptors (Lipinski definition) is 6. The topological polar surface area (TPSA) is 89.4 Å². The Hall–Kier alpha value is -3.22. The first kappa shape index (κ1) is 17.1. The van der Waals surface area contributed by atoms with Crippen molar-refractivity contribution in [3.05, 3.63) is 47.5 Å². The smallest absolute Gasteiger partial charge is 0.275 e. The first-order chi connectivity index (χ1) is 11.6. The monoisotopic (exact) mass is 330 g/mol. The second-order valence-electron chi connectivity index (χ2n) is 4.67. The van der Waals surface area contributed by atoms with Crippen LogP contribution in [0.5, 0.6) is 23.0 Å². The summed E-state index contributed by atoms with van der Waals surface area (Å²) in [6, 6.07) is 9.96. The molecule has 126 valence electrons. The maximum Gasteiger partial charge on any atom is 0.275 e. The zero-order valence-corrected chi connectivity index (χ0v) is 13.6. The predicted octanol–water partition coefficient (Wildman–Crippen LogP) is 2.18. The first-order valence-electron chi connectivity index (χ1n) is 7.02. The molecule has 0 unspecified atom stereocenters. The highest BCUT2D eigenvalue weighted by Gasteiger charge is 2.11. The maximum absolute atomic E-state index is 12.1. The van der Waals surface area contributed by atoms with Crippen molar-refractivity contribution < 1.29 is 24.1 Å². The van der Waals surface area contributed by atoms with E-state index in [1.54, 1.807) is 36.4 Å². The number of para-hydroxylation sites is 1. The van der Waals surface area contributed by atoms with E-state index in [-0.39, 0.29) is 17.2 Å². The lowest BCUT2D eigenvalue weighted by Gasteiger charge is -2.09. The number of carbonyl (C=O) groups is 1. The second kappa shape index (κ2) is 7.87. The summed E-state index contributed by atoms with van der Waals surface area (Å²) in [7, 11) is 4.35. The van der Waals surface area contributed by atoms with Gasteiger partial charge >= 0.3 is 0 Å². The van der Waals surface area contributed by atoms with Crippen LogP contribution in [0.25, 0.3) is 0 Å². The van der Waals surface area contributed by atoms with Crippen molar-refractivity contribution in [2.45, 2.75) is 0 Å². The van der Waals surface area contributed by atoms with Gasteiger partial charge in [0.2, 0.25) is 5.75 Å². The number of phenols is 1. The summed E-state index contributed by atoms with van der Waals surface area (Å²) in [4.78, 5) is 12.1. The molecule has 2 N–H and O–H groups in total. The van der Waals surface area contributed by atoms with Gasteiger partial charge in [-0.3, -0.25) is 4.79 Å². The number of ether oxygens (including phenoxy) is 3. The number of amides is 1. The number of hydrogen-bond donors (Lipinski definition) is 2. The first-order valence-corrected chi connectivity index (χ1v) is 7.02. The third kappa shape index (κ3) is 3.75. The van der Waals surface area contributed by atoms with E-state index in [1.807, 2.05) is 0 Å². The molecule has 0 aromatic heterocycles. The van der Waals surface area contributed by atoms with Crippen LogP contribution in [0.15, 0.2) is 41.5 Å². The minimum Gasteiger partial charge on any atom is -0.502 e. The summed E-state index contributed by atoms with van der Waals surface area (Å²) < 4.78 is 15.3. The molecule has 0 atom stereocenters. The zero-order chi connectivity index (χ0) is 17.5. The van der Waals surface area contributed by atoms with Gasteiger partial charge in [-0.1, -0.05) is 12.1 Å². The van der Waals surface area contributed by atoms with Crippen LogP contribution >= 0.6 is 0 Å². The van der Waals surface area contributed by atoms with Crippen molar-refractivity contribution in [1.29, 1.82) is 0 Å². The molecule has 0 aliphatic heterocycles. The Labute approximate surface area is 139 Å². The van der Waals surface area contributed by atoms with Crippen LogP contribution in [0.1, 0.15) is 15.9 Å². The Morgan fingerprint density at radius 1 is 1.04 bits per heavy atom. The number of methoxy groups -OCH3 is 3. The fraction of sp³-hybridized carbons (Fsp3) is 0.176. The van der Waals surface area contributed by atoms with Crippen molar-refractivity contribution in [2.75, 3.05) is 21.3 Å². The summed E-state index contributed by atoms with van der Waals surface area (Å²) in [5.41, 5.74) is 3.38. The minimum atomic E-state index is -0.401. The van der Waals surface area contributed by atoms with Crippen molar-refractivity contribution in [3.63, 3.8) is 0 Å². The summed E-state index contributed by atoms with van der Waals surface area (Å²) in [6.07, 6.45) is 1.41. The molecule has 0 bridgehead atoms. The predicted molar refractivity (Wildman–Crippen MR) is 89.3 cm³/mol. The van der Waals surface area contributed by atoms with Crippen LogP contribution in [-0.4, -0.2) is 38.6 Å². The number of phenolic OH excluding ortho intramolecular Hbond substituents is 1. The Morgan fingerprint density at radius 3 is 2.21 bits per heavy atom. The highest BCUT2D eigenvalue weighted by atomic mass is 16.5. The highest BCUT2D eigenvalue weighted by Crippen LogP contribution is 2.36. The van der Waals surface area contributed by atoms with Gasteiger partial charge in [-0.15, -0.1) is 0 Å². The van der Waals surface area contributed by atoms with E-state index < -0.39 is 5.91 Å². The quantitative estimate of drug-likeness (QED) is 0.626. The van der Waals surface area contributed by atoms with E-state index in [0.29, 0.717) is 16.9 Å². The van der Waals surface area contributed by atoms with E-state index in [1.165, 1.54) is 27.5 Å². The van der Waals surface area contributed by atoms with E-state index in [9.17, 15) is 9.90 Å². The number of aromatic hydroxyl groups is 1. The average molecular weight is 330 g/mol. The van der Waals surface area contributed by atoms with Gasteiger partial charge < -0.3 is 19.3 Å². The number of nitrogens with zero attached hydrogens (tertiary/aromatic N) is 1. The van der Waals surface area contributed by atoms with Gasteiger partial charge in [0.05, 0.1) is 33.1 Å². The zero-order valence-electron chi connectivity index (χ0n) is 13.6. The minimum absolute atomic E-state index is 0.102. The third-order valence-corrected chi connectivity index (χ3v) is 3.23. The standard InChI is InChI=1S/C17H18N2O5/c1-22-13-7-5-4-6-12(13)17(21)19-18-10-11-8-14(23-2)16(20)15(9-11)24-3/h4-10,20H,1-3H3,(H,19,21)/b18-10+. The summed E-state index contributed by atoms with van der Waals surface area (Å²) in [5, 5.41) is 13.8. The summed E-state index contributed by atoms with van der Waals surface area (Å²) in [6.45, 7) is 0. The van der Waals surface area contributed by atoms with Crippen LogP contribution in [0.4, 0.5) is 0 Å². The van der Waals surface area contributed by atoms with Crippen LogP contribution in [0, 0.1) is 0 Å². The van der Waals surface area contributed by atoms with E-state index in [4.69, 9.17) is 14.2 Å².